The monoisotopic (exact) mass is 410 g/mol. The zero-order valence-corrected chi connectivity index (χ0v) is 17.1. The molecule has 3 rings (SSSR count). The van der Waals surface area contributed by atoms with Crippen molar-refractivity contribution in [2.45, 2.75) is 26.5 Å². The van der Waals surface area contributed by atoms with Crippen molar-refractivity contribution in [3.05, 3.63) is 77.0 Å². The fourth-order valence-electron chi connectivity index (χ4n) is 3.20. The molecule has 30 heavy (non-hydrogen) atoms. The van der Waals surface area contributed by atoms with Crippen molar-refractivity contribution in [3.63, 3.8) is 0 Å². The SMILES string of the molecule is CCOCCOC(=O)C1=C(C)NC(=O)NC1c1ccccc1OCc1ccccc1. The van der Waals surface area contributed by atoms with Gasteiger partial charge in [0.05, 0.1) is 18.2 Å². The van der Waals surface area contributed by atoms with Gasteiger partial charge in [-0.15, -0.1) is 0 Å². The summed E-state index contributed by atoms with van der Waals surface area (Å²) in [5, 5.41) is 5.46. The van der Waals surface area contributed by atoms with Gasteiger partial charge in [0, 0.05) is 17.9 Å². The second-order valence-electron chi connectivity index (χ2n) is 6.72. The van der Waals surface area contributed by atoms with Gasteiger partial charge in [-0.2, -0.15) is 0 Å². The van der Waals surface area contributed by atoms with Crippen molar-refractivity contribution in [3.8, 4) is 5.75 Å². The van der Waals surface area contributed by atoms with E-state index in [4.69, 9.17) is 14.2 Å². The number of urea groups is 1. The van der Waals surface area contributed by atoms with E-state index in [1.807, 2.05) is 61.5 Å². The number of ether oxygens (including phenoxy) is 3. The zero-order chi connectivity index (χ0) is 21.3. The highest BCUT2D eigenvalue weighted by Gasteiger charge is 2.33. The quantitative estimate of drug-likeness (QED) is 0.488. The molecule has 0 spiro atoms. The lowest BCUT2D eigenvalue weighted by Gasteiger charge is -2.29. The smallest absolute Gasteiger partial charge is 0.338 e. The summed E-state index contributed by atoms with van der Waals surface area (Å²) in [6.45, 7) is 4.92. The van der Waals surface area contributed by atoms with Gasteiger partial charge in [0.2, 0.25) is 0 Å². The first kappa shape index (κ1) is 21.4. The number of carbonyl (C=O) groups is 2. The van der Waals surface area contributed by atoms with Gasteiger partial charge in [0.1, 0.15) is 19.0 Å². The molecule has 1 aliphatic rings. The molecule has 0 saturated carbocycles. The summed E-state index contributed by atoms with van der Waals surface area (Å²) in [6, 6.07) is 16.0. The number of hydrogen-bond donors (Lipinski definition) is 2. The Kier molecular flexibility index (Phi) is 7.45. The number of nitrogens with one attached hydrogen (secondary N) is 2. The van der Waals surface area contributed by atoms with E-state index in [-0.39, 0.29) is 12.6 Å². The van der Waals surface area contributed by atoms with Gasteiger partial charge >= 0.3 is 12.0 Å². The lowest BCUT2D eigenvalue weighted by molar-refractivity contribution is -0.141. The summed E-state index contributed by atoms with van der Waals surface area (Å²) in [5.41, 5.74) is 2.48. The van der Waals surface area contributed by atoms with Crippen molar-refractivity contribution in [2.24, 2.45) is 0 Å². The predicted octanol–water partition coefficient (Wildman–Crippen LogP) is 3.47. The zero-order valence-electron chi connectivity index (χ0n) is 17.1. The number of rotatable bonds is 9. The van der Waals surface area contributed by atoms with E-state index in [1.54, 1.807) is 6.92 Å². The molecule has 7 nitrogen and oxygen atoms in total. The first-order chi connectivity index (χ1) is 14.6. The molecule has 0 fully saturated rings. The number of para-hydroxylation sites is 1. The van der Waals surface area contributed by atoms with E-state index in [0.29, 0.717) is 42.4 Å². The Hall–Kier alpha value is -3.32. The number of benzene rings is 2. The molecule has 1 unspecified atom stereocenters. The van der Waals surface area contributed by atoms with Crippen molar-refractivity contribution in [2.75, 3.05) is 19.8 Å². The van der Waals surface area contributed by atoms with Crippen LogP contribution in [0.25, 0.3) is 0 Å². The van der Waals surface area contributed by atoms with Gasteiger partial charge < -0.3 is 24.8 Å². The Morgan fingerprint density at radius 1 is 1.03 bits per heavy atom. The normalized spacial score (nSPS) is 15.9. The third kappa shape index (κ3) is 5.39. The Morgan fingerprint density at radius 3 is 2.53 bits per heavy atom. The second-order valence-corrected chi connectivity index (χ2v) is 6.72. The molecule has 2 aromatic carbocycles. The predicted molar refractivity (Wildman–Crippen MR) is 112 cm³/mol. The van der Waals surface area contributed by atoms with Crippen LogP contribution in [-0.2, 0) is 20.9 Å². The molecular formula is C23H26N2O5. The highest BCUT2D eigenvalue weighted by molar-refractivity contribution is 5.95. The van der Waals surface area contributed by atoms with E-state index in [0.717, 1.165) is 5.56 Å². The Morgan fingerprint density at radius 2 is 1.77 bits per heavy atom. The van der Waals surface area contributed by atoms with Gasteiger partial charge in [-0.25, -0.2) is 9.59 Å². The highest BCUT2D eigenvalue weighted by Crippen LogP contribution is 2.33. The summed E-state index contributed by atoms with van der Waals surface area (Å²) >= 11 is 0. The molecular weight excluding hydrogens is 384 g/mol. The average molecular weight is 410 g/mol. The van der Waals surface area contributed by atoms with Crippen LogP contribution in [0.2, 0.25) is 0 Å². The van der Waals surface area contributed by atoms with Gasteiger partial charge in [-0.05, 0) is 25.5 Å². The van der Waals surface area contributed by atoms with Crippen molar-refractivity contribution >= 4 is 12.0 Å². The van der Waals surface area contributed by atoms with Crippen molar-refractivity contribution in [1.29, 1.82) is 0 Å². The van der Waals surface area contributed by atoms with E-state index in [2.05, 4.69) is 10.6 Å². The molecule has 0 bridgehead atoms. The topological polar surface area (TPSA) is 85.9 Å². The average Bonchev–Trinajstić information content (AvgIpc) is 2.75. The molecule has 2 aromatic rings. The third-order valence-electron chi connectivity index (χ3n) is 4.62. The third-order valence-corrected chi connectivity index (χ3v) is 4.62. The molecule has 2 N–H and O–H groups in total. The largest absolute Gasteiger partial charge is 0.489 e. The molecule has 0 radical (unpaired) electrons. The summed E-state index contributed by atoms with van der Waals surface area (Å²) in [6.07, 6.45) is 0. The molecule has 1 heterocycles. The number of esters is 1. The summed E-state index contributed by atoms with van der Waals surface area (Å²) in [7, 11) is 0. The highest BCUT2D eigenvalue weighted by atomic mass is 16.6. The molecule has 0 aliphatic carbocycles. The van der Waals surface area contributed by atoms with Crippen LogP contribution in [0.4, 0.5) is 4.79 Å². The first-order valence-electron chi connectivity index (χ1n) is 9.89. The van der Waals surface area contributed by atoms with E-state index < -0.39 is 12.0 Å². The maximum Gasteiger partial charge on any atom is 0.338 e. The fourth-order valence-corrected chi connectivity index (χ4v) is 3.20. The minimum atomic E-state index is -0.690. The number of allylic oxidation sites excluding steroid dienone is 1. The van der Waals surface area contributed by atoms with Crippen LogP contribution in [0.15, 0.2) is 65.9 Å². The van der Waals surface area contributed by atoms with E-state index in [1.165, 1.54) is 0 Å². The number of hydrogen-bond acceptors (Lipinski definition) is 5. The van der Waals surface area contributed by atoms with E-state index in [9.17, 15) is 9.59 Å². The first-order valence-corrected chi connectivity index (χ1v) is 9.89. The number of amides is 2. The summed E-state index contributed by atoms with van der Waals surface area (Å²) in [5.74, 6) is 0.0727. The summed E-state index contributed by atoms with van der Waals surface area (Å²) in [4.78, 5) is 24.9. The van der Waals surface area contributed by atoms with Gasteiger partial charge in [-0.3, -0.25) is 0 Å². The molecule has 7 heteroatoms. The van der Waals surface area contributed by atoms with Crippen LogP contribution in [-0.4, -0.2) is 31.8 Å². The van der Waals surface area contributed by atoms with Crippen LogP contribution >= 0.6 is 0 Å². The molecule has 1 atom stereocenters. The minimum Gasteiger partial charge on any atom is -0.489 e. The van der Waals surface area contributed by atoms with Crippen LogP contribution in [0.5, 0.6) is 5.75 Å². The molecule has 158 valence electrons. The Bertz CT molecular complexity index is 911. The maximum absolute atomic E-state index is 12.8. The van der Waals surface area contributed by atoms with Crippen LogP contribution in [0, 0.1) is 0 Å². The fraction of sp³-hybridized carbons (Fsp3) is 0.304. The molecule has 2 amide bonds. The van der Waals surface area contributed by atoms with Crippen LogP contribution in [0.1, 0.15) is 31.0 Å². The lowest BCUT2D eigenvalue weighted by Crippen LogP contribution is -2.45. The van der Waals surface area contributed by atoms with Crippen LogP contribution in [0.3, 0.4) is 0 Å². The summed E-state index contributed by atoms with van der Waals surface area (Å²) < 4.78 is 16.6. The molecule has 0 saturated heterocycles. The van der Waals surface area contributed by atoms with E-state index >= 15 is 0 Å². The van der Waals surface area contributed by atoms with Crippen molar-refractivity contribution in [1.82, 2.24) is 10.6 Å². The van der Waals surface area contributed by atoms with Crippen LogP contribution < -0.4 is 15.4 Å². The molecule has 1 aliphatic heterocycles. The Labute approximate surface area is 176 Å². The standard InChI is InChI=1S/C23H26N2O5/c1-3-28-13-14-29-22(26)20-16(2)24-23(27)25-21(20)18-11-7-8-12-19(18)30-15-17-9-5-4-6-10-17/h4-12,21H,3,13-15H2,1-2H3,(H2,24,25,27). The second kappa shape index (κ2) is 10.5. The van der Waals surface area contributed by atoms with Gasteiger partial charge in [0.25, 0.3) is 0 Å². The van der Waals surface area contributed by atoms with Crippen molar-refractivity contribution < 1.29 is 23.8 Å². The maximum atomic E-state index is 12.8. The molecule has 0 aromatic heterocycles. The van der Waals surface area contributed by atoms with Gasteiger partial charge in [0.15, 0.2) is 0 Å². The minimum absolute atomic E-state index is 0.135. The number of carbonyl (C=O) groups excluding carboxylic acids is 2. The lowest BCUT2D eigenvalue weighted by atomic mass is 9.95. The van der Waals surface area contributed by atoms with Gasteiger partial charge in [-0.1, -0.05) is 48.5 Å². The Balaban J connectivity index is 1.83.